The first kappa shape index (κ1) is 15.5. The van der Waals surface area contributed by atoms with Crippen molar-refractivity contribution in [1.29, 1.82) is 0 Å². The summed E-state index contributed by atoms with van der Waals surface area (Å²) < 4.78 is 58.8. The van der Waals surface area contributed by atoms with E-state index in [-0.39, 0.29) is 0 Å². The Kier molecular flexibility index (Phi) is 4.21. The van der Waals surface area contributed by atoms with Crippen LogP contribution in [0.4, 0.5) is 18.9 Å². The molecule has 1 aromatic carbocycles. The largest absolute Gasteiger partial charge is 0.424 e. The third kappa shape index (κ3) is 3.93. The molecule has 0 amide bonds. The molecule has 6 nitrogen and oxygen atoms in total. The minimum absolute atomic E-state index is 0.311. The van der Waals surface area contributed by atoms with E-state index < -0.39 is 35.7 Å². The average molecular weight is 299 g/mol. The monoisotopic (exact) mass is 299 g/mol. The van der Waals surface area contributed by atoms with Gasteiger partial charge in [-0.3, -0.25) is 10.1 Å². The fourth-order valence-corrected chi connectivity index (χ4v) is 1.74. The van der Waals surface area contributed by atoms with Gasteiger partial charge in [-0.15, -0.1) is 0 Å². The predicted octanol–water partition coefficient (Wildman–Crippen LogP) is 3.46. The molecule has 1 atom stereocenters. The summed E-state index contributed by atoms with van der Waals surface area (Å²) in [5, 5.41) is 10.5. The summed E-state index contributed by atoms with van der Waals surface area (Å²) >= 11 is 0. The second-order valence-electron chi connectivity index (χ2n) is 3.48. The lowest BCUT2D eigenvalue weighted by Gasteiger charge is -2.16. The molecule has 0 aromatic heterocycles. The van der Waals surface area contributed by atoms with E-state index in [0.717, 1.165) is 25.9 Å². The van der Waals surface area contributed by atoms with Crippen LogP contribution in [0.2, 0.25) is 0 Å². The number of nitrogens with zero attached hydrogens (tertiary/aromatic N) is 1. The topological polar surface area (TPSA) is 78.7 Å². The molecule has 0 aliphatic carbocycles. The van der Waals surface area contributed by atoms with E-state index in [9.17, 15) is 27.9 Å². The minimum atomic E-state index is -4.88. The maximum Gasteiger partial charge on any atom is 0.420 e. The number of hydrogen-bond donors (Lipinski definition) is 0. The highest BCUT2D eigenvalue weighted by Gasteiger charge is 2.37. The highest BCUT2D eigenvalue weighted by atomic mass is 31.2. The van der Waals surface area contributed by atoms with Crippen molar-refractivity contribution in [1.82, 2.24) is 0 Å². The Balaban J connectivity index is 3.32. The number of non-ortho nitro benzene ring substituents is 1. The van der Waals surface area contributed by atoms with Crippen molar-refractivity contribution in [3.8, 4) is 5.75 Å². The van der Waals surface area contributed by atoms with Crippen LogP contribution in [0.15, 0.2) is 18.2 Å². The summed E-state index contributed by atoms with van der Waals surface area (Å²) in [4.78, 5) is 9.48. The molecule has 0 bridgehead atoms. The minimum Gasteiger partial charge on any atom is -0.424 e. The zero-order chi connectivity index (χ0) is 14.8. The molecule has 0 N–H and O–H groups in total. The summed E-state index contributed by atoms with van der Waals surface area (Å²) in [5.74, 6) is -0.786. The first-order valence-corrected chi connectivity index (χ1v) is 6.74. The molecular formula is C9H9F3NO5P. The summed E-state index contributed by atoms with van der Waals surface area (Å²) in [5.41, 5.74) is -2.14. The van der Waals surface area contributed by atoms with Crippen LogP contribution in [0.25, 0.3) is 0 Å². The summed E-state index contributed by atoms with van der Waals surface area (Å²) in [6.45, 7) is 0.981. The fraction of sp³-hybridized carbons (Fsp3) is 0.333. The van der Waals surface area contributed by atoms with Gasteiger partial charge in [0.25, 0.3) is 5.69 Å². The van der Waals surface area contributed by atoms with E-state index in [1.54, 1.807) is 0 Å². The average Bonchev–Trinajstić information content (AvgIpc) is 2.27. The number of nitro groups is 1. The highest BCUT2D eigenvalue weighted by molar-refractivity contribution is 7.53. The third-order valence-corrected chi connectivity index (χ3v) is 3.27. The van der Waals surface area contributed by atoms with Crippen molar-refractivity contribution in [2.75, 3.05) is 13.8 Å². The Morgan fingerprint density at radius 1 is 1.37 bits per heavy atom. The Morgan fingerprint density at radius 3 is 2.37 bits per heavy atom. The quantitative estimate of drug-likeness (QED) is 0.483. The first-order valence-electron chi connectivity index (χ1n) is 4.75. The first-order chi connectivity index (χ1) is 8.57. The second-order valence-corrected chi connectivity index (χ2v) is 5.57. The van der Waals surface area contributed by atoms with Gasteiger partial charge in [0.2, 0.25) is 0 Å². The van der Waals surface area contributed by atoms with Crippen LogP contribution in [-0.4, -0.2) is 18.7 Å². The van der Waals surface area contributed by atoms with Gasteiger partial charge in [0.05, 0.1) is 4.92 Å². The number of alkyl halides is 3. The van der Waals surface area contributed by atoms with Crippen LogP contribution in [0.3, 0.4) is 0 Å². The Morgan fingerprint density at radius 2 is 1.95 bits per heavy atom. The molecule has 0 aliphatic rings. The summed E-state index contributed by atoms with van der Waals surface area (Å²) in [6.07, 6.45) is -4.88. The van der Waals surface area contributed by atoms with Gasteiger partial charge in [0.1, 0.15) is 11.3 Å². The van der Waals surface area contributed by atoms with E-state index >= 15 is 0 Å². The van der Waals surface area contributed by atoms with Crippen LogP contribution in [0, 0.1) is 10.1 Å². The highest BCUT2D eigenvalue weighted by Crippen LogP contribution is 2.48. The normalized spacial score (nSPS) is 14.8. The van der Waals surface area contributed by atoms with Crippen LogP contribution >= 0.6 is 7.60 Å². The lowest BCUT2D eigenvalue weighted by molar-refractivity contribution is -0.385. The van der Waals surface area contributed by atoms with Crippen molar-refractivity contribution in [3.05, 3.63) is 33.9 Å². The van der Waals surface area contributed by atoms with E-state index in [1.807, 2.05) is 0 Å². The predicted molar refractivity (Wildman–Crippen MR) is 59.3 cm³/mol. The molecular weight excluding hydrogens is 290 g/mol. The number of benzene rings is 1. The molecule has 0 heterocycles. The van der Waals surface area contributed by atoms with E-state index in [4.69, 9.17) is 0 Å². The molecule has 10 heteroatoms. The third-order valence-electron chi connectivity index (χ3n) is 2.08. The van der Waals surface area contributed by atoms with Crippen LogP contribution in [0.1, 0.15) is 5.56 Å². The van der Waals surface area contributed by atoms with E-state index in [0.29, 0.717) is 6.07 Å². The Bertz CT molecular complexity index is 545. The smallest absolute Gasteiger partial charge is 0.420 e. The van der Waals surface area contributed by atoms with Gasteiger partial charge in [-0.2, -0.15) is 13.2 Å². The van der Waals surface area contributed by atoms with Gasteiger partial charge in [0, 0.05) is 25.9 Å². The standard InChI is InChI=1S/C9H9F3NO5P/c1-17-19(2,16)18-8-4-3-6(13(14)15)5-7(8)9(10,11)12/h3-5H,1-2H3. The van der Waals surface area contributed by atoms with Crippen LogP contribution < -0.4 is 4.52 Å². The van der Waals surface area contributed by atoms with Gasteiger partial charge in [-0.25, -0.2) is 4.57 Å². The molecule has 0 aliphatic heterocycles. The number of nitro benzene ring substituents is 1. The van der Waals surface area contributed by atoms with Gasteiger partial charge >= 0.3 is 13.8 Å². The van der Waals surface area contributed by atoms with Gasteiger partial charge < -0.3 is 9.05 Å². The number of halogens is 3. The maximum atomic E-state index is 12.7. The van der Waals surface area contributed by atoms with Crippen molar-refractivity contribution >= 4 is 13.3 Å². The van der Waals surface area contributed by atoms with Crippen molar-refractivity contribution < 1.29 is 31.7 Å². The molecule has 0 radical (unpaired) electrons. The number of rotatable bonds is 4. The zero-order valence-corrected chi connectivity index (χ0v) is 10.7. The van der Waals surface area contributed by atoms with Crippen molar-refractivity contribution in [2.45, 2.75) is 6.18 Å². The van der Waals surface area contributed by atoms with Gasteiger partial charge in [-0.1, -0.05) is 0 Å². The van der Waals surface area contributed by atoms with Crippen molar-refractivity contribution in [2.24, 2.45) is 0 Å². The molecule has 0 fully saturated rings. The fourth-order valence-electron chi connectivity index (χ4n) is 1.15. The maximum absolute atomic E-state index is 12.7. The molecule has 1 aromatic rings. The zero-order valence-electron chi connectivity index (χ0n) is 9.80. The molecule has 0 saturated heterocycles. The molecule has 0 saturated carbocycles. The Labute approximate surface area is 105 Å². The molecule has 106 valence electrons. The van der Waals surface area contributed by atoms with Crippen LogP contribution in [0.5, 0.6) is 5.75 Å². The molecule has 19 heavy (non-hydrogen) atoms. The van der Waals surface area contributed by atoms with Gasteiger partial charge in [-0.05, 0) is 6.07 Å². The molecule has 0 spiro atoms. The lowest BCUT2D eigenvalue weighted by Crippen LogP contribution is -2.09. The van der Waals surface area contributed by atoms with Gasteiger partial charge in [0.15, 0.2) is 0 Å². The van der Waals surface area contributed by atoms with Crippen molar-refractivity contribution in [3.63, 3.8) is 0 Å². The molecule has 1 unspecified atom stereocenters. The summed E-state index contributed by atoms with van der Waals surface area (Å²) in [6, 6.07) is 1.86. The lowest BCUT2D eigenvalue weighted by atomic mass is 10.2. The van der Waals surface area contributed by atoms with E-state index in [2.05, 4.69) is 9.05 Å². The molecule has 1 rings (SSSR count). The Hall–Kier alpha value is -1.60. The second kappa shape index (κ2) is 5.18. The van der Waals surface area contributed by atoms with Crippen LogP contribution in [-0.2, 0) is 15.3 Å². The summed E-state index contributed by atoms with van der Waals surface area (Å²) in [7, 11) is -2.69. The van der Waals surface area contributed by atoms with E-state index in [1.165, 1.54) is 0 Å². The SMILES string of the molecule is COP(C)(=O)Oc1ccc([N+](=O)[O-])cc1C(F)(F)F. The number of hydrogen-bond acceptors (Lipinski definition) is 5.